The van der Waals surface area contributed by atoms with Crippen LogP contribution in [0, 0.1) is 17.8 Å². The van der Waals surface area contributed by atoms with Crippen molar-refractivity contribution in [1.82, 2.24) is 5.32 Å². The van der Waals surface area contributed by atoms with Crippen LogP contribution in [0.15, 0.2) is 36.4 Å². The first kappa shape index (κ1) is 16.2. The minimum Gasteiger partial charge on any atom is -0.480 e. The van der Waals surface area contributed by atoms with E-state index in [-0.39, 0.29) is 11.8 Å². The van der Waals surface area contributed by atoms with Crippen molar-refractivity contribution in [1.29, 1.82) is 0 Å². The smallest absolute Gasteiger partial charge is 0.325 e. The Balaban J connectivity index is 1.58. The van der Waals surface area contributed by atoms with Gasteiger partial charge >= 0.3 is 5.97 Å². The van der Waals surface area contributed by atoms with Gasteiger partial charge in [0.15, 0.2) is 0 Å². The van der Waals surface area contributed by atoms with Crippen LogP contribution in [-0.2, 0) is 9.59 Å². The maximum Gasteiger partial charge on any atom is 0.325 e. The standard InChI is InChI=1S/C18H20N2O4/c1-10(18(23)24)19-16(21)12-4-6-14(7-5-12)20-17(22)15-9-11-2-3-13(15)8-11/h2-7,10-11,13,15H,8-9H2,1H3,(H,19,21)(H,20,22)(H,23,24). The van der Waals surface area contributed by atoms with E-state index in [1.54, 1.807) is 24.3 Å². The summed E-state index contributed by atoms with van der Waals surface area (Å²) in [7, 11) is 0. The molecule has 1 saturated carbocycles. The third kappa shape index (κ3) is 3.32. The van der Waals surface area contributed by atoms with Gasteiger partial charge in [0.05, 0.1) is 0 Å². The first-order chi connectivity index (χ1) is 11.4. The van der Waals surface area contributed by atoms with Crippen LogP contribution in [0.2, 0.25) is 0 Å². The Morgan fingerprint density at radius 3 is 2.38 bits per heavy atom. The minimum absolute atomic E-state index is 0.0172. The molecule has 0 heterocycles. The number of nitrogens with one attached hydrogen (secondary N) is 2. The number of hydrogen-bond donors (Lipinski definition) is 3. The highest BCUT2D eigenvalue weighted by Crippen LogP contribution is 2.43. The second-order valence-corrected chi connectivity index (χ2v) is 6.49. The van der Waals surface area contributed by atoms with E-state index in [9.17, 15) is 14.4 Å². The van der Waals surface area contributed by atoms with Gasteiger partial charge in [-0.25, -0.2) is 0 Å². The Labute approximate surface area is 139 Å². The number of anilines is 1. The maximum absolute atomic E-state index is 12.4. The molecule has 3 rings (SSSR count). The third-order valence-corrected chi connectivity index (χ3v) is 4.75. The Morgan fingerprint density at radius 1 is 1.12 bits per heavy atom. The molecule has 1 aromatic carbocycles. The number of hydrogen-bond acceptors (Lipinski definition) is 3. The quantitative estimate of drug-likeness (QED) is 0.721. The molecule has 126 valence electrons. The van der Waals surface area contributed by atoms with Crippen molar-refractivity contribution in [2.24, 2.45) is 17.8 Å². The number of carboxylic acid groups (broad SMARTS) is 1. The third-order valence-electron chi connectivity index (χ3n) is 4.75. The number of fused-ring (bicyclic) bond motifs is 2. The zero-order chi connectivity index (χ0) is 17.3. The lowest BCUT2D eigenvalue weighted by atomic mass is 9.93. The van der Waals surface area contributed by atoms with Crippen molar-refractivity contribution in [3.8, 4) is 0 Å². The van der Waals surface area contributed by atoms with Gasteiger partial charge in [-0.3, -0.25) is 14.4 Å². The summed E-state index contributed by atoms with van der Waals surface area (Å²) in [4.78, 5) is 35.0. The van der Waals surface area contributed by atoms with Gasteiger partial charge < -0.3 is 15.7 Å². The molecule has 1 fully saturated rings. The summed E-state index contributed by atoms with van der Waals surface area (Å²) in [6.07, 6.45) is 6.30. The molecule has 1 aromatic rings. The summed E-state index contributed by atoms with van der Waals surface area (Å²) in [5.41, 5.74) is 0.985. The lowest BCUT2D eigenvalue weighted by Crippen LogP contribution is -2.38. The first-order valence-electron chi connectivity index (χ1n) is 8.07. The Morgan fingerprint density at radius 2 is 1.83 bits per heavy atom. The Kier molecular flexibility index (Phi) is 4.38. The summed E-state index contributed by atoms with van der Waals surface area (Å²) in [6, 6.07) is 5.49. The van der Waals surface area contributed by atoms with Crippen molar-refractivity contribution < 1.29 is 19.5 Å². The molecule has 2 bridgehead atoms. The second kappa shape index (κ2) is 6.47. The van der Waals surface area contributed by atoms with E-state index in [1.165, 1.54) is 6.92 Å². The van der Waals surface area contributed by atoms with Gasteiger partial charge in [-0.15, -0.1) is 0 Å². The zero-order valence-corrected chi connectivity index (χ0v) is 13.4. The molecule has 0 spiro atoms. The fourth-order valence-corrected chi connectivity index (χ4v) is 3.36. The monoisotopic (exact) mass is 328 g/mol. The number of carboxylic acids is 1. The van der Waals surface area contributed by atoms with Gasteiger partial charge in [-0.05, 0) is 55.9 Å². The van der Waals surface area contributed by atoms with Gasteiger partial charge in [-0.1, -0.05) is 12.2 Å². The highest BCUT2D eigenvalue weighted by atomic mass is 16.4. The average Bonchev–Trinajstić information content (AvgIpc) is 3.18. The first-order valence-corrected chi connectivity index (χ1v) is 8.07. The zero-order valence-electron chi connectivity index (χ0n) is 13.4. The van der Waals surface area contributed by atoms with Gasteiger partial charge in [-0.2, -0.15) is 0 Å². The number of carbonyl (C=O) groups excluding carboxylic acids is 2. The van der Waals surface area contributed by atoms with Crippen molar-refractivity contribution in [2.45, 2.75) is 25.8 Å². The summed E-state index contributed by atoms with van der Waals surface area (Å²) < 4.78 is 0. The SMILES string of the molecule is CC(NC(=O)c1ccc(NC(=O)C2CC3C=CC2C3)cc1)C(=O)O. The maximum atomic E-state index is 12.4. The van der Waals surface area contributed by atoms with Crippen molar-refractivity contribution in [3.63, 3.8) is 0 Å². The van der Waals surface area contributed by atoms with Crippen LogP contribution < -0.4 is 10.6 Å². The molecule has 4 atom stereocenters. The van der Waals surface area contributed by atoms with Crippen LogP contribution in [-0.4, -0.2) is 28.9 Å². The molecular formula is C18H20N2O4. The molecule has 4 unspecified atom stereocenters. The Hall–Kier alpha value is -2.63. The van der Waals surface area contributed by atoms with E-state index in [1.807, 2.05) is 0 Å². The highest BCUT2D eigenvalue weighted by Gasteiger charge is 2.39. The van der Waals surface area contributed by atoms with Gasteiger partial charge in [0, 0.05) is 17.2 Å². The van der Waals surface area contributed by atoms with Crippen molar-refractivity contribution >= 4 is 23.5 Å². The predicted molar refractivity (Wildman–Crippen MR) is 88.5 cm³/mol. The minimum atomic E-state index is -1.09. The number of benzene rings is 1. The van der Waals surface area contributed by atoms with E-state index < -0.39 is 17.9 Å². The molecule has 0 radical (unpaired) electrons. The largest absolute Gasteiger partial charge is 0.480 e. The molecule has 0 aromatic heterocycles. The normalized spacial score (nSPS) is 25.3. The molecular weight excluding hydrogens is 308 g/mol. The lowest BCUT2D eigenvalue weighted by molar-refractivity contribution is -0.138. The summed E-state index contributed by atoms with van der Waals surface area (Å²) >= 11 is 0. The van der Waals surface area contributed by atoms with Crippen LogP contribution >= 0.6 is 0 Å². The van der Waals surface area contributed by atoms with E-state index >= 15 is 0 Å². The van der Waals surface area contributed by atoms with Crippen LogP contribution in [0.3, 0.4) is 0 Å². The van der Waals surface area contributed by atoms with Crippen LogP contribution in [0.25, 0.3) is 0 Å². The van der Waals surface area contributed by atoms with Gasteiger partial charge in [0.2, 0.25) is 5.91 Å². The van der Waals surface area contributed by atoms with Crippen molar-refractivity contribution in [2.75, 3.05) is 5.32 Å². The van der Waals surface area contributed by atoms with Crippen molar-refractivity contribution in [3.05, 3.63) is 42.0 Å². The molecule has 0 aliphatic heterocycles. The van der Waals surface area contributed by atoms with Gasteiger partial charge in [0.25, 0.3) is 5.91 Å². The molecule has 0 saturated heterocycles. The van der Waals surface area contributed by atoms with Crippen LogP contribution in [0.1, 0.15) is 30.1 Å². The number of aliphatic carboxylic acids is 1. The van der Waals surface area contributed by atoms with E-state index in [4.69, 9.17) is 5.11 Å². The Bertz CT molecular complexity index is 695. The molecule has 2 aliphatic rings. The fourth-order valence-electron chi connectivity index (χ4n) is 3.36. The number of amides is 2. The number of carbonyl (C=O) groups is 3. The van der Waals surface area contributed by atoms with Crippen LogP contribution in [0.4, 0.5) is 5.69 Å². The molecule has 2 amide bonds. The van der Waals surface area contributed by atoms with E-state index in [0.29, 0.717) is 23.1 Å². The molecule has 3 N–H and O–H groups in total. The summed E-state index contributed by atoms with van der Waals surface area (Å²) in [6.45, 7) is 1.40. The summed E-state index contributed by atoms with van der Waals surface area (Å²) in [5, 5.41) is 14.1. The molecule has 2 aliphatic carbocycles. The lowest BCUT2D eigenvalue weighted by Gasteiger charge is -2.17. The number of allylic oxidation sites excluding steroid dienone is 2. The second-order valence-electron chi connectivity index (χ2n) is 6.49. The topological polar surface area (TPSA) is 95.5 Å². The van der Waals surface area contributed by atoms with Gasteiger partial charge in [0.1, 0.15) is 6.04 Å². The molecule has 6 heteroatoms. The van der Waals surface area contributed by atoms with Crippen LogP contribution in [0.5, 0.6) is 0 Å². The average molecular weight is 328 g/mol. The van der Waals surface area contributed by atoms with E-state index in [2.05, 4.69) is 22.8 Å². The highest BCUT2D eigenvalue weighted by molar-refractivity contribution is 5.98. The predicted octanol–water partition coefficient (Wildman–Crippen LogP) is 2.04. The number of rotatable bonds is 5. The molecule has 6 nitrogen and oxygen atoms in total. The fraction of sp³-hybridized carbons (Fsp3) is 0.389. The summed E-state index contributed by atoms with van der Waals surface area (Å²) in [5.74, 6) is -0.623. The van der Waals surface area contributed by atoms with E-state index in [0.717, 1.165) is 12.8 Å². The molecule has 24 heavy (non-hydrogen) atoms.